The van der Waals surface area contributed by atoms with Crippen molar-refractivity contribution < 1.29 is 19.0 Å². The van der Waals surface area contributed by atoms with E-state index in [4.69, 9.17) is 14.2 Å². The van der Waals surface area contributed by atoms with E-state index in [0.29, 0.717) is 36.1 Å². The van der Waals surface area contributed by atoms with Crippen LogP contribution in [0.25, 0.3) is 0 Å². The Morgan fingerprint density at radius 3 is 2.75 bits per heavy atom. The predicted molar refractivity (Wildman–Crippen MR) is 92.9 cm³/mol. The van der Waals surface area contributed by atoms with E-state index in [-0.39, 0.29) is 12.0 Å². The van der Waals surface area contributed by atoms with Gasteiger partial charge in [-0.3, -0.25) is 9.69 Å². The molecule has 1 fully saturated rings. The highest BCUT2D eigenvalue weighted by Crippen LogP contribution is 2.27. The quantitative estimate of drug-likeness (QED) is 0.823. The van der Waals surface area contributed by atoms with Crippen LogP contribution in [0.1, 0.15) is 24.2 Å². The maximum Gasteiger partial charge on any atom is 0.251 e. The number of nitrogens with one attached hydrogen (secondary N) is 1. The number of amides is 1. The Hall–Kier alpha value is -1.79. The lowest BCUT2D eigenvalue weighted by Gasteiger charge is -2.33. The van der Waals surface area contributed by atoms with Crippen LogP contribution in [0.4, 0.5) is 0 Å². The summed E-state index contributed by atoms with van der Waals surface area (Å²) >= 11 is 0. The fourth-order valence-corrected chi connectivity index (χ4v) is 2.87. The molecule has 1 aliphatic rings. The Labute approximate surface area is 144 Å². The average Bonchev–Trinajstić information content (AvgIpc) is 2.58. The molecule has 1 aromatic carbocycles. The molecule has 1 aliphatic heterocycles. The number of morpholine rings is 1. The maximum atomic E-state index is 12.3. The number of methoxy groups -OCH3 is 2. The van der Waals surface area contributed by atoms with Gasteiger partial charge in [0, 0.05) is 31.7 Å². The van der Waals surface area contributed by atoms with Crippen molar-refractivity contribution in [1.29, 1.82) is 0 Å². The third-order valence-electron chi connectivity index (χ3n) is 3.98. The number of nitrogens with zero attached hydrogens (tertiary/aromatic N) is 1. The lowest BCUT2D eigenvalue weighted by molar-refractivity contribution is -0.0295. The second-order valence-corrected chi connectivity index (χ2v) is 6.43. The normalized spacial score (nSPS) is 18.5. The highest BCUT2D eigenvalue weighted by Gasteiger charge is 2.21. The number of benzene rings is 1. The Morgan fingerprint density at radius 2 is 2.08 bits per heavy atom. The van der Waals surface area contributed by atoms with E-state index in [1.54, 1.807) is 32.4 Å². The number of rotatable bonds is 7. The van der Waals surface area contributed by atoms with Crippen LogP contribution in [-0.2, 0) is 4.74 Å². The van der Waals surface area contributed by atoms with E-state index in [9.17, 15) is 4.79 Å². The van der Waals surface area contributed by atoms with Crippen LogP contribution in [0, 0.1) is 5.92 Å². The van der Waals surface area contributed by atoms with E-state index in [1.807, 2.05) is 0 Å². The molecule has 134 valence electrons. The molecule has 0 saturated carbocycles. The van der Waals surface area contributed by atoms with E-state index in [0.717, 1.165) is 19.6 Å². The minimum atomic E-state index is -0.138. The molecule has 0 aromatic heterocycles. The number of hydrogen-bond donors (Lipinski definition) is 1. The van der Waals surface area contributed by atoms with Crippen LogP contribution in [0.15, 0.2) is 18.2 Å². The summed E-state index contributed by atoms with van der Waals surface area (Å²) < 4.78 is 16.2. The molecule has 6 heteroatoms. The van der Waals surface area contributed by atoms with Gasteiger partial charge in [-0.15, -0.1) is 0 Å². The van der Waals surface area contributed by atoms with Gasteiger partial charge in [0.25, 0.3) is 5.91 Å². The third-order valence-corrected chi connectivity index (χ3v) is 3.98. The van der Waals surface area contributed by atoms with E-state index in [1.165, 1.54) is 0 Å². The monoisotopic (exact) mass is 336 g/mol. The highest BCUT2D eigenvalue weighted by atomic mass is 16.5. The number of carbonyl (C=O) groups is 1. The molecule has 6 nitrogen and oxygen atoms in total. The van der Waals surface area contributed by atoms with E-state index in [2.05, 4.69) is 24.1 Å². The average molecular weight is 336 g/mol. The molecular weight excluding hydrogens is 308 g/mol. The first-order valence-corrected chi connectivity index (χ1v) is 8.37. The Morgan fingerprint density at radius 1 is 1.33 bits per heavy atom. The van der Waals surface area contributed by atoms with Gasteiger partial charge in [0.05, 0.1) is 26.9 Å². The summed E-state index contributed by atoms with van der Waals surface area (Å²) in [6.07, 6.45) is 0.0293. The van der Waals surface area contributed by atoms with Gasteiger partial charge in [0.15, 0.2) is 11.5 Å². The summed E-state index contributed by atoms with van der Waals surface area (Å²) in [5.41, 5.74) is 0.544. The van der Waals surface area contributed by atoms with Gasteiger partial charge in [0.2, 0.25) is 0 Å². The summed E-state index contributed by atoms with van der Waals surface area (Å²) in [4.78, 5) is 14.7. The standard InChI is InChI=1S/C18H28N2O4/c1-13(2)11-20-7-8-24-15(12-20)10-19-18(21)14-5-6-16(22-3)17(9-14)23-4/h5-6,9,13,15H,7-8,10-12H2,1-4H3,(H,19,21). The van der Waals surface area contributed by atoms with Gasteiger partial charge in [-0.25, -0.2) is 0 Å². The molecule has 1 unspecified atom stereocenters. The zero-order valence-electron chi connectivity index (χ0n) is 15.0. The first-order chi connectivity index (χ1) is 11.5. The zero-order chi connectivity index (χ0) is 17.5. The van der Waals surface area contributed by atoms with Crippen molar-refractivity contribution in [2.75, 3.05) is 47.0 Å². The van der Waals surface area contributed by atoms with Crippen molar-refractivity contribution in [2.45, 2.75) is 20.0 Å². The molecule has 1 atom stereocenters. The van der Waals surface area contributed by atoms with Crippen LogP contribution in [0.2, 0.25) is 0 Å². The molecule has 2 rings (SSSR count). The van der Waals surface area contributed by atoms with Crippen LogP contribution in [0.3, 0.4) is 0 Å². The SMILES string of the molecule is COc1ccc(C(=O)NCC2CN(CC(C)C)CCO2)cc1OC. The lowest BCUT2D eigenvalue weighted by Crippen LogP contribution is -2.48. The molecule has 1 heterocycles. The first kappa shape index (κ1) is 18.5. The van der Waals surface area contributed by atoms with Crippen molar-refractivity contribution in [3.8, 4) is 11.5 Å². The molecule has 0 bridgehead atoms. The van der Waals surface area contributed by atoms with Crippen molar-refractivity contribution in [1.82, 2.24) is 10.2 Å². The van der Waals surface area contributed by atoms with Gasteiger partial charge in [0.1, 0.15) is 0 Å². The Bertz CT molecular complexity index is 548. The van der Waals surface area contributed by atoms with Gasteiger partial charge < -0.3 is 19.5 Å². The topological polar surface area (TPSA) is 60.0 Å². The van der Waals surface area contributed by atoms with E-state index >= 15 is 0 Å². The van der Waals surface area contributed by atoms with E-state index < -0.39 is 0 Å². The molecule has 0 spiro atoms. The summed E-state index contributed by atoms with van der Waals surface area (Å²) in [6.45, 7) is 8.50. The minimum absolute atomic E-state index is 0.0293. The lowest BCUT2D eigenvalue weighted by atomic mass is 10.1. The third kappa shape index (κ3) is 5.11. The van der Waals surface area contributed by atoms with Gasteiger partial charge >= 0.3 is 0 Å². The number of ether oxygens (including phenoxy) is 3. The van der Waals surface area contributed by atoms with Crippen LogP contribution < -0.4 is 14.8 Å². The molecule has 0 radical (unpaired) electrons. The Balaban J connectivity index is 1.88. The molecular formula is C18H28N2O4. The molecule has 1 N–H and O–H groups in total. The fourth-order valence-electron chi connectivity index (χ4n) is 2.87. The summed E-state index contributed by atoms with van der Waals surface area (Å²) in [5, 5.41) is 2.94. The van der Waals surface area contributed by atoms with Crippen LogP contribution in [0.5, 0.6) is 11.5 Å². The van der Waals surface area contributed by atoms with Gasteiger partial charge in [-0.05, 0) is 24.1 Å². The largest absolute Gasteiger partial charge is 0.493 e. The van der Waals surface area contributed by atoms with Crippen molar-refractivity contribution in [3.63, 3.8) is 0 Å². The van der Waals surface area contributed by atoms with Crippen molar-refractivity contribution in [2.24, 2.45) is 5.92 Å². The van der Waals surface area contributed by atoms with Crippen molar-refractivity contribution >= 4 is 5.91 Å². The Kier molecular flexibility index (Phi) is 6.87. The summed E-state index contributed by atoms with van der Waals surface area (Å²) in [7, 11) is 3.12. The number of hydrogen-bond acceptors (Lipinski definition) is 5. The smallest absolute Gasteiger partial charge is 0.251 e. The van der Waals surface area contributed by atoms with Crippen molar-refractivity contribution in [3.05, 3.63) is 23.8 Å². The summed E-state index contributed by atoms with van der Waals surface area (Å²) in [5.74, 6) is 1.64. The molecule has 0 aliphatic carbocycles. The maximum absolute atomic E-state index is 12.3. The second-order valence-electron chi connectivity index (χ2n) is 6.43. The first-order valence-electron chi connectivity index (χ1n) is 8.37. The number of carbonyl (C=O) groups excluding carboxylic acids is 1. The van der Waals surface area contributed by atoms with Gasteiger partial charge in [-0.1, -0.05) is 13.8 Å². The summed E-state index contributed by atoms with van der Waals surface area (Å²) in [6, 6.07) is 5.14. The van der Waals surface area contributed by atoms with Crippen LogP contribution in [-0.4, -0.2) is 63.9 Å². The van der Waals surface area contributed by atoms with Crippen LogP contribution >= 0.6 is 0 Å². The predicted octanol–water partition coefficient (Wildman–Crippen LogP) is 1.79. The molecule has 1 aromatic rings. The molecule has 24 heavy (non-hydrogen) atoms. The second kappa shape index (κ2) is 8.89. The zero-order valence-corrected chi connectivity index (χ0v) is 15.0. The minimum Gasteiger partial charge on any atom is -0.493 e. The highest BCUT2D eigenvalue weighted by molar-refractivity contribution is 5.94. The van der Waals surface area contributed by atoms with Gasteiger partial charge in [-0.2, -0.15) is 0 Å². The molecule has 1 amide bonds. The molecule has 1 saturated heterocycles. The fraction of sp³-hybridized carbons (Fsp3) is 0.611.